The third-order valence-electron chi connectivity index (χ3n) is 4.20. The van der Waals surface area contributed by atoms with Crippen LogP contribution in [0.25, 0.3) is 0 Å². The molecular weight excluding hydrogens is 328 g/mol. The molecule has 0 radical (unpaired) electrons. The molecule has 0 unspecified atom stereocenters. The highest BCUT2D eigenvalue weighted by atomic mass is 16.5. The van der Waals surface area contributed by atoms with Crippen LogP contribution >= 0.6 is 0 Å². The van der Waals surface area contributed by atoms with Gasteiger partial charge in [-0.3, -0.25) is 9.59 Å². The van der Waals surface area contributed by atoms with E-state index in [0.29, 0.717) is 11.4 Å². The molecule has 138 valence electrons. The van der Waals surface area contributed by atoms with E-state index in [9.17, 15) is 9.59 Å². The zero-order chi connectivity index (χ0) is 19.3. The zero-order valence-corrected chi connectivity index (χ0v) is 16.0. The van der Waals surface area contributed by atoms with Crippen LogP contribution in [0.3, 0.4) is 0 Å². The molecular formula is C21H26N2O3. The molecule has 0 aliphatic rings. The van der Waals surface area contributed by atoms with Crippen LogP contribution < -0.4 is 15.0 Å². The normalized spacial score (nSPS) is 10.5. The Bertz CT molecular complexity index is 800. The van der Waals surface area contributed by atoms with Gasteiger partial charge in [0.05, 0.1) is 12.8 Å². The molecule has 26 heavy (non-hydrogen) atoms. The fourth-order valence-electron chi connectivity index (χ4n) is 2.91. The number of benzene rings is 2. The van der Waals surface area contributed by atoms with Crippen molar-refractivity contribution < 1.29 is 14.3 Å². The van der Waals surface area contributed by atoms with E-state index in [1.54, 1.807) is 36.3 Å². The molecule has 0 spiro atoms. The van der Waals surface area contributed by atoms with Crippen molar-refractivity contribution in [2.24, 2.45) is 0 Å². The summed E-state index contributed by atoms with van der Waals surface area (Å²) in [6.45, 7) is 7.55. The highest BCUT2D eigenvalue weighted by Gasteiger charge is 2.21. The number of nitrogens with zero attached hydrogens (tertiary/aromatic N) is 1. The number of hydrogen-bond donors (Lipinski definition) is 1. The minimum atomic E-state index is -0.258. The summed E-state index contributed by atoms with van der Waals surface area (Å²) in [5.41, 5.74) is 3.47. The molecule has 0 heterocycles. The lowest BCUT2D eigenvalue weighted by Gasteiger charge is -2.27. The number of rotatable bonds is 6. The minimum absolute atomic E-state index is 0.0445. The summed E-state index contributed by atoms with van der Waals surface area (Å²) >= 11 is 0. The van der Waals surface area contributed by atoms with Gasteiger partial charge >= 0.3 is 0 Å². The fourth-order valence-corrected chi connectivity index (χ4v) is 2.91. The van der Waals surface area contributed by atoms with Gasteiger partial charge in [0.15, 0.2) is 0 Å². The SMILES string of the molecule is COc1cccc(NC(=O)CN(C(C)=O)c2c(C)cccc2C(C)C)c1. The van der Waals surface area contributed by atoms with Crippen LogP contribution in [0.4, 0.5) is 11.4 Å². The van der Waals surface area contributed by atoms with Crippen molar-refractivity contribution in [2.75, 3.05) is 23.9 Å². The van der Waals surface area contributed by atoms with Gasteiger partial charge in [0.1, 0.15) is 12.3 Å². The number of methoxy groups -OCH3 is 1. The second-order valence-electron chi connectivity index (χ2n) is 6.55. The molecule has 2 amide bonds. The van der Waals surface area contributed by atoms with Crippen LogP contribution in [0, 0.1) is 6.92 Å². The third-order valence-corrected chi connectivity index (χ3v) is 4.20. The number of para-hydroxylation sites is 1. The molecule has 0 saturated heterocycles. The second kappa shape index (κ2) is 8.52. The average Bonchev–Trinajstić information content (AvgIpc) is 2.59. The molecule has 1 N–H and O–H groups in total. The van der Waals surface area contributed by atoms with E-state index >= 15 is 0 Å². The molecule has 0 aliphatic carbocycles. The maximum Gasteiger partial charge on any atom is 0.244 e. The van der Waals surface area contributed by atoms with Gasteiger partial charge in [-0.15, -0.1) is 0 Å². The maximum atomic E-state index is 12.5. The van der Waals surface area contributed by atoms with Gasteiger partial charge in [-0.1, -0.05) is 38.1 Å². The number of carbonyl (C=O) groups is 2. The van der Waals surface area contributed by atoms with E-state index < -0.39 is 0 Å². The Morgan fingerprint density at radius 2 is 1.85 bits per heavy atom. The third kappa shape index (κ3) is 4.63. The molecule has 0 fully saturated rings. The highest BCUT2D eigenvalue weighted by molar-refractivity contribution is 6.02. The standard InChI is InChI=1S/C21H26N2O3/c1-14(2)19-11-6-8-15(3)21(19)23(16(4)24)13-20(25)22-17-9-7-10-18(12-17)26-5/h6-12,14H,13H2,1-5H3,(H,22,25). The highest BCUT2D eigenvalue weighted by Crippen LogP contribution is 2.31. The van der Waals surface area contributed by atoms with Gasteiger partial charge in [-0.05, 0) is 36.1 Å². The van der Waals surface area contributed by atoms with Gasteiger partial charge in [-0.25, -0.2) is 0 Å². The van der Waals surface area contributed by atoms with Crippen molar-refractivity contribution in [1.82, 2.24) is 0 Å². The zero-order valence-electron chi connectivity index (χ0n) is 16.0. The van der Waals surface area contributed by atoms with Crippen molar-refractivity contribution in [3.8, 4) is 5.75 Å². The summed E-state index contributed by atoms with van der Waals surface area (Å²) in [5, 5.41) is 2.83. The van der Waals surface area contributed by atoms with E-state index in [1.807, 2.05) is 25.1 Å². The quantitative estimate of drug-likeness (QED) is 0.849. The summed E-state index contributed by atoms with van der Waals surface area (Å²) in [6.07, 6.45) is 0. The van der Waals surface area contributed by atoms with Crippen LogP contribution in [0.2, 0.25) is 0 Å². The lowest BCUT2D eigenvalue weighted by Crippen LogP contribution is -2.37. The van der Waals surface area contributed by atoms with Gasteiger partial charge in [0, 0.05) is 18.7 Å². The first kappa shape index (κ1) is 19.5. The van der Waals surface area contributed by atoms with Crippen LogP contribution in [0.15, 0.2) is 42.5 Å². The largest absolute Gasteiger partial charge is 0.497 e. The van der Waals surface area contributed by atoms with E-state index in [1.165, 1.54) is 6.92 Å². The molecule has 0 aliphatic heterocycles. The van der Waals surface area contributed by atoms with E-state index in [4.69, 9.17) is 4.74 Å². The molecule has 5 nitrogen and oxygen atoms in total. The number of amides is 2. The summed E-state index contributed by atoms with van der Waals surface area (Å²) in [5.74, 6) is 0.480. The lowest BCUT2D eigenvalue weighted by atomic mass is 9.97. The Hall–Kier alpha value is -2.82. The molecule has 5 heteroatoms. The fraction of sp³-hybridized carbons (Fsp3) is 0.333. The molecule has 0 aromatic heterocycles. The van der Waals surface area contributed by atoms with Gasteiger partial charge < -0.3 is 15.0 Å². The average molecular weight is 354 g/mol. The number of nitrogens with one attached hydrogen (secondary N) is 1. The Labute approximate surface area is 155 Å². The van der Waals surface area contributed by atoms with Crippen molar-refractivity contribution in [2.45, 2.75) is 33.6 Å². The Morgan fingerprint density at radius 1 is 1.15 bits per heavy atom. The summed E-state index contributed by atoms with van der Waals surface area (Å²) in [7, 11) is 1.57. The number of aryl methyl sites for hydroxylation is 1. The van der Waals surface area contributed by atoms with Crippen LogP contribution in [0.1, 0.15) is 37.8 Å². The molecule has 0 atom stereocenters. The molecule has 2 rings (SSSR count). The smallest absolute Gasteiger partial charge is 0.244 e. The van der Waals surface area contributed by atoms with E-state index in [0.717, 1.165) is 16.8 Å². The lowest BCUT2D eigenvalue weighted by molar-refractivity contribution is -0.120. The Balaban J connectivity index is 2.26. The first-order valence-corrected chi connectivity index (χ1v) is 8.65. The molecule has 2 aromatic carbocycles. The molecule has 0 saturated carbocycles. The first-order valence-electron chi connectivity index (χ1n) is 8.65. The number of ether oxygens (including phenoxy) is 1. The van der Waals surface area contributed by atoms with E-state index in [-0.39, 0.29) is 24.3 Å². The summed E-state index contributed by atoms with van der Waals surface area (Å²) < 4.78 is 5.17. The predicted octanol–water partition coefficient (Wildman–Crippen LogP) is 4.12. The maximum absolute atomic E-state index is 12.5. The number of carbonyl (C=O) groups excluding carboxylic acids is 2. The number of anilines is 2. The van der Waals surface area contributed by atoms with E-state index in [2.05, 4.69) is 19.2 Å². The topological polar surface area (TPSA) is 58.6 Å². The van der Waals surface area contributed by atoms with Crippen molar-refractivity contribution in [1.29, 1.82) is 0 Å². The van der Waals surface area contributed by atoms with Gasteiger partial charge in [0.2, 0.25) is 11.8 Å². The van der Waals surface area contributed by atoms with Crippen LogP contribution in [0.5, 0.6) is 5.75 Å². The first-order chi connectivity index (χ1) is 12.3. The van der Waals surface area contributed by atoms with Crippen molar-refractivity contribution in [3.63, 3.8) is 0 Å². The van der Waals surface area contributed by atoms with Crippen LogP contribution in [-0.2, 0) is 9.59 Å². The predicted molar refractivity (Wildman–Crippen MR) is 105 cm³/mol. The van der Waals surface area contributed by atoms with Gasteiger partial charge in [-0.2, -0.15) is 0 Å². The Kier molecular flexibility index (Phi) is 6.39. The summed E-state index contributed by atoms with van der Waals surface area (Å²) in [6, 6.07) is 13.1. The second-order valence-corrected chi connectivity index (χ2v) is 6.55. The van der Waals surface area contributed by atoms with Crippen molar-refractivity contribution in [3.05, 3.63) is 53.6 Å². The molecule has 0 bridgehead atoms. The van der Waals surface area contributed by atoms with Crippen LogP contribution in [-0.4, -0.2) is 25.5 Å². The number of hydrogen-bond acceptors (Lipinski definition) is 3. The monoisotopic (exact) mass is 354 g/mol. The Morgan fingerprint density at radius 3 is 2.46 bits per heavy atom. The minimum Gasteiger partial charge on any atom is -0.497 e. The summed E-state index contributed by atoms with van der Waals surface area (Å²) in [4.78, 5) is 26.4. The molecule has 2 aromatic rings. The van der Waals surface area contributed by atoms with Gasteiger partial charge in [0.25, 0.3) is 0 Å². The van der Waals surface area contributed by atoms with Crippen molar-refractivity contribution >= 4 is 23.2 Å².